The van der Waals surface area contributed by atoms with Gasteiger partial charge in [-0.1, -0.05) is 72.8 Å². The predicted molar refractivity (Wildman–Crippen MR) is 187 cm³/mol. The van der Waals surface area contributed by atoms with E-state index in [1.54, 1.807) is 22.7 Å². The van der Waals surface area contributed by atoms with Crippen LogP contribution in [-0.4, -0.2) is 24.5 Å². The number of hydrogen-bond acceptors (Lipinski definition) is 6. The lowest BCUT2D eigenvalue weighted by Crippen LogP contribution is -1.96. The van der Waals surface area contributed by atoms with Gasteiger partial charge in [-0.05, 0) is 47.9 Å². The summed E-state index contributed by atoms with van der Waals surface area (Å²) in [6.45, 7) is 0. The number of hydrogen-bond donors (Lipinski definition) is 0. The Balaban J connectivity index is 1.29. The average Bonchev–Trinajstić information content (AvgIpc) is 3.89. The topological polar surface area (TPSA) is 56.5 Å². The highest BCUT2D eigenvalue weighted by Gasteiger charge is 2.17. The molecule has 7 heteroatoms. The first-order valence-corrected chi connectivity index (χ1v) is 16.4. The van der Waals surface area contributed by atoms with Gasteiger partial charge < -0.3 is 4.57 Å². The van der Waals surface area contributed by atoms with Crippen LogP contribution in [0.2, 0.25) is 0 Å². The van der Waals surface area contributed by atoms with Crippen LogP contribution < -0.4 is 0 Å². The Hall–Kier alpha value is -5.50. The molecule has 212 valence electrons. The van der Waals surface area contributed by atoms with E-state index in [1.807, 2.05) is 35.3 Å². The number of pyridine rings is 2. The summed E-state index contributed by atoms with van der Waals surface area (Å²) < 4.78 is 2.40. The molecule has 0 amide bonds. The third kappa shape index (κ3) is 4.44. The SMILES string of the molecule is c1cc(-c2ccc3c4ccc(-c5cccc(-c6nccs6)n5)cc4n(-c4cccc5ccccc45)c3c2)nc(-c2nccs2)c1. The molecule has 0 radical (unpaired) electrons. The summed E-state index contributed by atoms with van der Waals surface area (Å²) in [6.07, 6.45) is 3.64. The summed E-state index contributed by atoms with van der Waals surface area (Å²) in [7, 11) is 0. The third-order valence-corrected chi connectivity index (χ3v) is 9.76. The first-order valence-electron chi connectivity index (χ1n) is 14.6. The second-order valence-electron chi connectivity index (χ2n) is 10.8. The molecule has 4 aromatic carbocycles. The van der Waals surface area contributed by atoms with E-state index in [4.69, 9.17) is 9.97 Å². The van der Waals surface area contributed by atoms with E-state index in [1.165, 1.54) is 21.5 Å². The minimum Gasteiger partial charge on any atom is -0.309 e. The molecule has 0 aliphatic rings. The Kier molecular flexibility index (Phi) is 6.11. The summed E-state index contributed by atoms with van der Waals surface area (Å²) in [5.74, 6) is 0. The molecule has 9 rings (SSSR count). The Morgan fingerprint density at radius 1 is 0.467 bits per heavy atom. The Morgan fingerprint density at radius 2 is 1.00 bits per heavy atom. The van der Waals surface area contributed by atoms with Crippen molar-refractivity contribution in [2.75, 3.05) is 0 Å². The summed E-state index contributed by atoms with van der Waals surface area (Å²) in [4.78, 5) is 19.0. The van der Waals surface area contributed by atoms with Gasteiger partial charge in [0.1, 0.15) is 10.0 Å². The molecule has 0 atom stereocenters. The van der Waals surface area contributed by atoms with Crippen molar-refractivity contribution in [3.8, 4) is 49.6 Å². The summed E-state index contributed by atoms with van der Waals surface area (Å²) in [5.41, 5.74) is 9.11. The van der Waals surface area contributed by atoms with Crippen molar-refractivity contribution >= 4 is 55.3 Å². The molecular weight excluding hydrogens is 591 g/mol. The fourth-order valence-corrected chi connectivity index (χ4v) is 7.34. The summed E-state index contributed by atoms with van der Waals surface area (Å²) in [6, 6.07) is 40.8. The Morgan fingerprint density at radius 3 is 1.58 bits per heavy atom. The highest BCUT2D eigenvalue weighted by molar-refractivity contribution is 7.13. The fraction of sp³-hybridized carbons (Fsp3) is 0. The largest absolute Gasteiger partial charge is 0.309 e. The predicted octanol–water partition coefficient (Wildman–Crippen LogP) is 10.3. The average molecular weight is 614 g/mol. The molecule has 0 aliphatic heterocycles. The maximum absolute atomic E-state index is 5.01. The minimum absolute atomic E-state index is 0.884. The van der Waals surface area contributed by atoms with Crippen LogP contribution in [0.3, 0.4) is 0 Å². The van der Waals surface area contributed by atoms with Gasteiger partial charge >= 0.3 is 0 Å². The second-order valence-corrected chi connectivity index (χ2v) is 12.6. The van der Waals surface area contributed by atoms with Gasteiger partial charge in [0.15, 0.2) is 0 Å². The van der Waals surface area contributed by atoms with Crippen molar-refractivity contribution in [1.82, 2.24) is 24.5 Å². The normalized spacial score (nSPS) is 11.6. The fourth-order valence-electron chi connectivity index (χ4n) is 6.13. The molecule has 5 aromatic heterocycles. The molecule has 0 unspecified atom stereocenters. The summed E-state index contributed by atoms with van der Waals surface area (Å²) >= 11 is 3.20. The minimum atomic E-state index is 0.884. The number of aromatic nitrogens is 5. The van der Waals surface area contributed by atoms with Crippen LogP contribution >= 0.6 is 22.7 Å². The van der Waals surface area contributed by atoms with Crippen molar-refractivity contribution < 1.29 is 0 Å². The van der Waals surface area contributed by atoms with Crippen LogP contribution in [-0.2, 0) is 0 Å². The Labute approximate surface area is 266 Å². The van der Waals surface area contributed by atoms with E-state index in [2.05, 4.69) is 118 Å². The zero-order valence-corrected chi connectivity index (χ0v) is 25.5. The van der Waals surface area contributed by atoms with Gasteiger partial charge in [0.25, 0.3) is 0 Å². The molecule has 0 aliphatic carbocycles. The van der Waals surface area contributed by atoms with E-state index in [0.717, 1.165) is 60.6 Å². The molecular formula is C38H23N5S2. The van der Waals surface area contributed by atoms with Crippen molar-refractivity contribution in [3.05, 3.63) is 138 Å². The van der Waals surface area contributed by atoms with E-state index in [-0.39, 0.29) is 0 Å². The van der Waals surface area contributed by atoms with Gasteiger partial charge in [-0.15, -0.1) is 22.7 Å². The van der Waals surface area contributed by atoms with E-state index in [0.29, 0.717) is 0 Å². The smallest absolute Gasteiger partial charge is 0.141 e. The number of thiazole rings is 2. The van der Waals surface area contributed by atoms with Crippen molar-refractivity contribution in [2.45, 2.75) is 0 Å². The lowest BCUT2D eigenvalue weighted by Gasteiger charge is -2.13. The monoisotopic (exact) mass is 613 g/mol. The van der Waals surface area contributed by atoms with Gasteiger partial charge in [-0.2, -0.15) is 0 Å². The van der Waals surface area contributed by atoms with Crippen LogP contribution in [0.1, 0.15) is 0 Å². The van der Waals surface area contributed by atoms with Gasteiger partial charge in [-0.3, -0.25) is 0 Å². The highest BCUT2D eigenvalue weighted by atomic mass is 32.1. The number of fused-ring (bicyclic) bond motifs is 4. The van der Waals surface area contributed by atoms with Crippen LogP contribution in [0, 0.1) is 0 Å². The molecule has 0 spiro atoms. The quantitative estimate of drug-likeness (QED) is 0.194. The van der Waals surface area contributed by atoms with Crippen molar-refractivity contribution in [2.24, 2.45) is 0 Å². The first-order chi connectivity index (χ1) is 22.3. The molecule has 0 N–H and O–H groups in total. The molecule has 9 aromatic rings. The van der Waals surface area contributed by atoms with Gasteiger partial charge in [0, 0.05) is 50.4 Å². The molecule has 5 heterocycles. The number of rotatable bonds is 5. The van der Waals surface area contributed by atoms with E-state index >= 15 is 0 Å². The molecule has 5 nitrogen and oxygen atoms in total. The molecule has 0 saturated carbocycles. The zero-order chi connectivity index (χ0) is 29.7. The molecule has 0 bridgehead atoms. The number of nitrogens with zero attached hydrogens (tertiary/aromatic N) is 5. The third-order valence-electron chi connectivity index (χ3n) is 8.17. The maximum Gasteiger partial charge on any atom is 0.141 e. The zero-order valence-electron chi connectivity index (χ0n) is 23.8. The van der Waals surface area contributed by atoms with E-state index < -0.39 is 0 Å². The highest BCUT2D eigenvalue weighted by Crippen LogP contribution is 2.38. The van der Waals surface area contributed by atoms with E-state index in [9.17, 15) is 0 Å². The lowest BCUT2D eigenvalue weighted by atomic mass is 10.0. The van der Waals surface area contributed by atoms with Crippen LogP contribution in [0.5, 0.6) is 0 Å². The van der Waals surface area contributed by atoms with Crippen LogP contribution in [0.4, 0.5) is 0 Å². The van der Waals surface area contributed by atoms with Gasteiger partial charge in [-0.25, -0.2) is 19.9 Å². The summed E-state index contributed by atoms with van der Waals surface area (Å²) in [5, 5.41) is 10.6. The number of benzene rings is 4. The second kappa shape index (κ2) is 10.6. The molecule has 0 fully saturated rings. The van der Waals surface area contributed by atoms with Gasteiger partial charge in [0.2, 0.25) is 0 Å². The molecule has 45 heavy (non-hydrogen) atoms. The standard InChI is InChI=1S/C38H23N5S2/c1-2-8-27-24(6-1)7-3-13-34(27)43-35-22-25(30-9-4-11-32(41-30)37-39-18-20-44-37)14-16-28(35)29-17-15-26(23-36(29)43)31-10-5-12-33(42-31)38-40-19-21-45-38/h1-23H. The van der Waals surface area contributed by atoms with Crippen LogP contribution in [0.15, 0.2) is 138 Å². The van der Waals surface area contributed by atoms with Crippen molar-refractivity contribution in [3.63, 3.8) is 0 Å². The maximum atomic E-state index is 5.01. The lowest BCUT2D eigenvalue weighted by molar-refractivity contribution is 1.20. The first kappa shape index (κ1) is 25.9. The van der Waals surface area contributed by atoms with Crippen molar-refractivity contribution in [1.29, 1.82) is 0 Å². The Bertz CT molecular complexity index is 2350. The van der Waals surface area contributed by atoms with Crippen LogP contribution in [0.25, 0.3) is 82.2 Å². The molecule has 0 saturated heterocycles. The van der Waals surface area contributed by atoms with Gasteiger partial charge in [0.05, 0.1) is 39.5 Å².